The third-order valence-corrected chi connectivity index (χ3v) is 5.60. The van der Waals surface area contributed by atoms with Crippen LogP contribution < -0.4 is 20.3 Å². The number of carbonyl (C=O) groups is 1. The van der Waals surface area contributed by atoms with E-state index < -0.39 is 10.0 Å². The molecule has 0 radical (unpaired) electrons. The Morgan fingerprint density at radius 3 is 2.52 bits per heavy atom. The van der Waals surface area contributed by atoms with Crippen LogP contribution in [0.2, 0.25) is 0 Å². The molecule has 0 atom stereocenters. The lowest BCUT2D eigenvalue weighted by atomic mass is 10.2. The molecule has 9 nitrogen and oxygen atoms in total. The highest BCUT2D eigenvalue weighted by Gasteiger charge is 2.23. The first-order valence-corrected chi connectivity index (χ1v) is 13.0. The number of hydrogen-bond donors (Lipinski definition) is 3. The summed E-state index contributed by atoms with van der Waals surface area (Å²) >= 11 is 0. The summed E-state index contributed by atoms with van der Waals surface area (Å²) in [4.78, 5) is 21.3. The van der Waals surface area contributed by atoms with E-state index in [4.69, 9.17) is 0 Å². The Balaban J connectivity index is 1.91. The number of anilines is 2. The quantitative estimate of drug-likeness (QED) is 0.420. The normalized spacial score (nSPS) is 15.4. The second kappa shape index (κ2) is 12.3. The molecule has 1 saturated heterocycles. The first-order valence-electron chi connectivity index (χ1n) is 11.1. The molecule has 1 amide bonds. The third-order valence-electron chi connectivity index (χ3n) is 5.00. The molecule has 0 unspecified atom stereocenters. The number of pyridine rings is 1. The number of sulfonamides is 1. The number of rotatable bonds is 11. The van der Waals surface area contributed by atoms with E-state index in [1.807, 2.05) is 24.0 Å². The van der Waals surface area contributed by atoms with E-state index in [1.165, 1.54) is 6.08 Å². The molecule has 1 fully saturated rings. The van der Waals surface area contributed by atoms with Gasteiger partial charge in [-0.25, -0.2) is 13.4 Å². The van der Waals surface area contributed by atoms with Crippen LogP contribution in [0.1, 0.15) is 27.2 Å². The number of allylic oxidation sites excluding steroid dienone is 4. The lowest BCUT2D eigenvalue weighted by molar-refractivity contribution is -0.130. The minimum Gasteiger partial charge on any atom is -0.380 e. The molecular weight excluding hydrogens is 440 g/mol. The number of hydrogen-bond acceptors (Lipinski definition) is 7. The van der Waals surface area contributed by atoms with Crippen molar-refractivity contribution in [3.8, 4) is 0 Å². The molecule has 1 aliphatic heterocycles. The molecule has 0 aromatic carbocycles. The van der Waals surface area contributed by atoms with E-state index in [1.54, 1.807) is 18.3 Å². The van der Waals surface area contributed by atoms with Crippen molar-refractivity contribution in [2.75, 3.05) is 49.2 Å². The SMILES string of the molecule is C=C/C(=C\C=C(/CC)NCC(=O)N1CCN(c2ncccc2NC(C)C)CC1)NS(C)(=O)=O. The Bertz CT molecular complexity index is 980. The molecule has 1 aromatic rings. The number of aromatic nitrogens is 1. The van der Waals surface area contributed by atoms with Gasteiger partial charge in [0.1, 0.15) is 0 Å². The van der Waals surface area contributed by atoms with Crippen molar-refractivity contribution < 1.29 is 13.2 Å². The second-order valence-corrected chi connectivity index (χ2v) is 9.89. The Kier molecular flexibility index (Phi) is 9.77. The van der Waals surface area contributed by atoms with Crippen molar-refractivity contribution in [2.24, 2.45) is 0 Å². The summed E-state index contributed by atoms with van der Waals surface area (Å²) in [6.07, 6.45) is 8.36. The summed E-state index contributed by atoms with van der Waals surface area (Å²) in [6.45, 7) is 12.6. The molecule has 2 heterocycles. The molecule has 33 heavy (non-hydrogen) atoms. The van der Waals surface area contributed by atoms with E-state index in [9.17, 15) is 13.2 Å². The smallest absolute Gasteiger partial charge is 0.241 e. The van der Waals surface area contributed by atoms with Crippen molar-refractivity contribution in [2.45, 2.75) is 33.2 Å². The topological polar surface area (TPSA) is 107 Å². The van der Waals surface area contributed by atoms with Gasteiger partial charge in [0.2, 0.25) is 15.9 Å². The predicted octanol–water partition coefficient (Wildman–Crippen LogP) is 2.05. The van der Waals surface area contributed by atoms with Gasteiger partial charge in [-0.3, -0.25) is 9.52 Å². The number of nitrogens with one attached hydrogen (secondary N) is 3. The van der Waals surface area contributed by atoms with Crippen molar-refractivity contribution in [1.29, 1.82) is 0 Å². The standard InChI is InChI=1S/C23H36N6O3S/c1-6-19(10-11-20(7-2)27-33(5,31)32)25-17-22(30)28-13-15-29(16-14-28)23-21(26-18(3)4)9-8-12-24-23/h7-12,18,25-27H,2,6,13-17H2,1,3-5H3/b19-10+,20-11+. The van der Waals surface area contributed by atoms with Crippen molar-refractivity contribution in [3.05, 3.63) is 54.5 Å². The Hall–Kier alpha value is -3.01. The molecule has 1 aromatic heterocycles. The Morgan fingerprint density at radius 1 is 1.24 bits per heavy atom. The van der Waals surface area contributed by atoms with Crippen LogP contribution in [-0.4, -0.2) is 69.2 Å². The van der Waals surface area contributed by atoms with Gasteiger partial charge in [0.25, 0.3) is 0 Å². The fourth-order valence-corrected chi connectivity index (χ4v) is 3.97. The minimum absolute atomic E-state index is 0.0257. The van der Waals surface area contributed by atoms with Gasteiger partial charge in [0.05, 0.1) is 18.5 Å². The van der Waals surface area contributed by atoms with E-state index in [2.05, 4.69) is 45.7 Å². The van der Waals surface area contributed by atoms with Crippen LogP contribution in [0, 0.1) is 0 Å². The summed E-state index contributed by atoms with van der Waals surface area (Å²) in [5.41, 5.74) is 2.20. The monoisotopic (exact) mass is 476 g/mol. The molecule has 0 spiro atoms. The number of piperazine rings is 1. The maximum atomic E-state index is 12.7. The zero-order valence-corrected chi connectivity index (χ0v) is 20.8. The lowest BCUT2D eigenvalue weighted by Crippen LogP contribution is -2.51. The number of amides is 1. The first-order chi connectivity index (χ1) is 15.6. The molecule has 3 N–H and O–H groups in total. The van der Waals surface area contributed by atoms with E-state index in [-0.39, 0.29) is 12.5 Å². The van der Waals surface area contributed by atoms with Gasteiger partial charge in [0, 0.05) is 49.8 Å². The van der Waals surface area contributed by atoms with Crippen LogP contribution in [0.3, 0.4) is 0 Å². The zero-order chi connectivity index (χ0) is 24.4. The second-order valence-electron chi connectivity index (χ2n) is 8.14. The van der Waals surface area contributed by atoms with Crippen molar-refractivity contribution >= 4 is 27.4 Å². The fraction of sp³-hybridized carbons (Fsp3) is 0.478. The summed E-state index contributed by atoms with van der Waals surface area (Å²) < 4.78 is 25.2. The lowest BCUT2D eigenvalue weighted by Gasteiger charge is -2.36. The molecular formula is C23H36N6O3S. The van der Waals surface area contributed by atoms with Gasteiger partial charge in [0.15, 0.2) is 5.82 Å². The average Bonchev–Trinajstić information content (AvgIpc) is 2.77. The van der Waals surface area contributed by atoms with Crippen LogP contribution in [0.5, 0.6) is 0 Å². The predicted molar refractivity (Wildman–Crippen MR) is 134 cm³/mol. The highest BCUT2D eigenvalue weighted by Crippen LogP contribution is 2.24. The summed E-state index contributed by atoms with van der Waals surface area (Å²) in [7, 11) is -3.38. The number of nitrogens with zero attached hydrogens (tertiary/aromatic N) is 3. The van der Waals surface area contributed by atoms with Gasteiger partial charge in [-0.1, -0.05) is 13.5 Å². The third kappa shape index (κ3) is 8.80. The molecule has 1 aliphatic rings. The highest BCUT2D eigenvalue weighted by atomic mass is 32.2. The summed E-state index contributed by atoms with van der Waals surface area (Å²) in [5, 5.41) is 6.59. The van der Waals surface area contributed by atoms with Gasteiger partial charge in [-0.15, -0.1) is 0 Å². The first kappa shape index (κ1) is 26.2. The zero-order valence-electron chi connectivity index (χ0n) is 20.0. The van der Waals surface area contributed by atoms with E-state index in [0.29, 0.717) is 44.3 Å². The van der Waals surface area contributed by atoms with Crippen LogP contribution in [0.25, 0.3) is 0 Å². The number of carbonyl (C=O) groups excluding carboxylic acids is 1. The van der Waals surface area contributed by atoms with Gasteiger partial charge < -0.3 is 20.4 Å². The van der Waals surface area contributed by atoms with Crippen LogP contribution in [-0.2, 0) is 14.8 Å². The van der Waals surface area contributed by atoms with E-state index in [0.717, 1.165) is 23.5 Å². The van der Waals surface area contributed by atoms with E-state index >= 15 is 0 Å². The Labute approximate surface area is 197 Å². The van der Waals surface area contributed by atoms with Crippen LogP contribution >= 0.6 is 0 Å². The molecule has 0 bridgehead atoms. The van der Waals surface area contributed by atoms with Gasteiger partial charge >= 0.3 is 0 Å². The molecule has 0 aliphatic carbocycles. The molecule has 10 heteroatoms. The highest BCUT2D eigenvalue weighted by molar-refractivity contribution is 7.88. The van der Waals surface area contributed by atoms with Gasteiger partial charge in [-0.2, -0.15) is 0 Å². The van der Waals surface area contributed by atoms with Crippen molar-refractivity contribution in [1.82, 2.24) is 19.9 Å². The summed E-state index contributed by atoms with van der Waals surface area (Å²) in [5.74, 6) is 0.942. The Morgan fingerprint density at radius 2 is 1.94 bits per heavy atom. The minimum atomic E-state index is -3.38. The van der Waals surface area contributed by atoms with Gasteiger partial charge in [-0.05, 0) is 50.6 Å². The maximum absolute atomic E-state index is 12.7. The fourth-order valence-electron chi connectivity index (χ4n) is 3.39. The molecule has 2 rings (SSSR count). The average molecular weight is 477 g/mol. The largest absolute Gasteiger partial charge is 0.380 e. The molecule has 182 valence electrons. The van der Waals surface area contributed by atoms with Crippen LogP contribution in [0.15, 0.2) is 54.5 Å². The van der Waals surface area contributed by atoms with Crippen LogP contribution in [0.4, 0.5) is 11.5 Å². The molecule has 0 saturated carbocycles. The summed E-state index contributed by atoms with van der Waals surface area (Å²) in [6, 6.07) is 4.26. The maximum Gasteiger partial charge on any atom is 0.241 e. The van der Waals surface area contributed by atoms with Crippen molar-refractivity contribution in [3.63, 3.8) is 0 Å².